The highest BCUT2D eigenvalue weighted by molar-refractivity contribution is 7.90. The van der Waals surface area contributed by atoms with E-state index < -0.39 is 32.5 Å². The fourth-order valence-corrected chi connectivity index (χ4v) is 3.39. The van der Waals surface area contributed by atoms with Crippen LogP contribution in [-0.4, -0.2) is 30.1 Å². The summed E-state index contributed by atoms with van der Waals surface area (Å²) in [6.45, 7) is 1.40. The molecule has 29 heavy (non-hydrogen) atoms. The van der Waals surface area contributed by atoms with Gasteiger partial charge in [0.15, 0.2) is 17.3 Å². The second-order valence-corrected chi connectivity index (χ2v) is 8.72. The van der Waals surface area contributed by atoms with Crippen molar-refractivity contribution < 1.29 is 30.7 Å². The van der Waals surface area contributed by atoms with Crippen molar-refractivity contribution >= 4 is 15.7 Å². The van der Waals surface area contributed by atoms with E-state index in [0.29, 0.717) is 0 Å². The van der Waals surface area contributed by atoms with Gasteiger partial charge in [-0.1, -0.05) is 12.2 Å². The molecule has 6 nitrogen and oxygen atoms in total. The van der Waals surface area contributed by atoms with Crippen molar-refractivity contribution in [2.75, 3.05) is 7.11 Å². The van der Waals surface area contributed by atoms with E-state index in [4.69, 9.17) is 9.88 Å². The van der Waals surface area contributed by atoms with Gasteiger partial charge in [-0.15, -0.1) is 0 Å². The van der Waals surface area contributed by atoms with Crippen LogP contribution in [0.5, 0.6) is 5.75 Å². The minimum Gasteiger partial charge on any atom is -0.494 e. The second kappa shape index (κ2) is 6.99. The van der Waals surface area contributed by atoms with Crippen molar-refractivity contribution in [1.82, 2.24) is 9.78 Å². The average Bonchev–Trinajstić information content (AvgIpc) is 3.07. The molecule has 156 valence electrons. The summed E-state index contributed by atoms with van der Waals surface area (Å²) in [7, 11) is -2.66. The number of sulfonamides is 1. The Morgan fingerprint density at radius 3 is 2.45 bits per heavy atom. The fourth-order valence-electron chi connectivity index (χ4n) is 2.82. The Hall–Kier alpha value is -2.66. The molecule has 1 aromatic heterocycles. The Morgan fingerprint density at radius 1 is 1.28 bits per heavy atom. The van der Waals surface area contributed by atoms with Crippen LogP contribution in [0.3, 0.4) is 0 Å². The number of rotatable bonds is 4. The third-order valence-electron chi connectivity index (χ3n) is 4.67. The number of nitrogens with zero attached hydrogens (tertiary/aromatic N) is 2. The molecule has 11 heteroatoms. The van der Waals surface area contributed by atoms with Crippen LogP contribution in [0.4, 0.5) is 17.6 Å². The Balaban J connectivity index is 2.11. The van der Waals surface area contributed by atoms with E-state index in [-0.39, 0.29) is 29.1 Å². The van der Waals surface area contributed by atoms with E-state index in [2.05, 4.69) is 5.10 Å². The highest BCUT2D eigenvalue weighted by Crippen LogP contribution is 2.36. The molecule has 0 aliphatic heterocycles. The normalized spacial score (nSPS) is 19.9. The molecule has 1 unspecified atom stereocenters. The molecule has 0 amide bonds. The largest absolute Gasteiger partial charge is 0.494 e. The van der Waals surface area contributed by atoms with Crippen LogP contribution in [0, 0.1) is 5.82 Å². The van der Waals surface area contributed by atoms with Crippen LogP contribution < -0.4 is 9.88 Å². The van der Waals surface area contributed by atoms with Gasteiger partial charge in [-0.05, 0) is 43.7 Å². The van der Waals surface area contributed by atoms with Crippen molar-refractivity contribution in [3.63, 3.8) is 0 Å². The molecule has 0 radical (unpaired) electrons. The number of hydrogen-bond acceptors (Lipinski definition) is 4. The Kier molecular flexibility index (Phi) is 5.08. The summed E-state index contributed by atoms with van der Waals surface area (Å²) >= 11 is 0. The SMILES string of the molecule is COc1ccc(-c2cc(C(F)(F)F)nn2C2=CCC(C)(S(N)(=O)=O)C=C2)cc1F. The topological polar surface area (TPSA) is 87.2 Å². The Morgan fingerprint density at radius 2 is 1.97 bits per heavy atom. The highest BCUT2D eigenvalue weighted by Gasteiger charge is 2.37. The number of halogens is 4. The summed E-state index contributed by atoms with van der Waals surface area (Å²) in [5, 5.41) is 8.82. The molecule has 1 aliphatic carbocycles. The van der Waals surface area contributed by atoms with E-state index in [1.807, 2.05) is 0 Å². The van der Waals surface area contributed by atoms with Crippen LogP contribution in [0.25, 0.3) is 17.0 Å². The van der Waals surface area contributed by atoms with Gasteiger partial charge in [0, 0.05) is 5.56 Å². The zero-order chi connectivity index (χ0) is 21.6. The molecular weight excluding hydrogens is 414 g/mol. The Bertz CT molecular complexity index is 1120. The number of alkyl halides is 3. The van der Waals surface area contributed by atoms with Crippen LogP contribution >= 0.6 is 0 Å². The maximum absolute atomic E-state index is 14.1. The molecule has 0 bridgehead atoms. The van der Waals surface area contributed by atoms with Crippen molar-refractivity contribution in [2.24, 2.45) is 5.14 Å². The quantitative estimate of drug-likeness (QED) is 0.750. The number of allylic oxidation sites excluding steroid dienone is 3. The van der Waals surface area contributed by atoms with Crippen LogP contribution in [0.1, 0.15) is 19.0 Å². The van der Waals surface area contributed by atoms with Gasteiger partial charge in [0.2, 0.25) is 10.0 Å². The molecule has 3 rings (SSSR count). The van der Waals surface area contributed by atoms with E-state index in [1.165, 1.54) is 44.4 Å². The monoisotopic (exact) mass is 431 g/mol. The number of aromatic nitrogens is 2. The number of nitrogens with two attached hydrogens (primary N) is 1. The number of benzene rings is 1. The first-order valence-electron chi connectivity index (χ1n) is 8.29. The van der Waals surface area contributed by atoms with E-state index in [9.17, 15) is 26.0 Å². The fraction of sp³-hybridized carbons (Fsp3) is 0.278. The van der Waals surface area contributed by atoms with Crippen molar-refractivity contribution in [3.8, 4) is 17.0 Å². The lowest BCUT2D eigenvalue weighted by Crippen LogP contribution is -2.39. The summed E-state index contributed by atoms with van der Waals surface area (Å²) in [5.74, 6) is -0.808. The van der Waals surface area contributed by atoms with Gasteiger partial charge in [0.25, 0.3) is 0 Å². The van der Waals surface area contributed by atoms with E-state index >= 15 is 0 Å². The summed E-state index contributed by atoms with van der Waals surface area (Å²) in [6, 6.07) is 4.52. The molecule has 2 N–H and O–H groups in total. The molecule has 1 aliphatic rings. The summed E-state index contributed by atoms with van der Waals surface area (Å²) in [5.41, 5.74) is -0.847. The first kappa shape index (κ1) is 21.1. The third kappa shape index (κ3) is 3.92. The number of ether oxygens (including phenoxy) is 1. The van der Waals surface area contributed by atoms with Gasteiger partial charge in [0.05, 0.1) is 18.5 Å². The zero-order valence-corrected chi connectivity index (χ0v) is 16.2. The molecule has 0 fully saturated rings. The van der Waals surface area contributed by atoms with Crippen LogP contribution in [0.2, 0.25) is 0 Å². The minimum absolute atomic E-state index is 0.0195. The molecule has 0 spiro atoms. The number of methoxy groups -OCH3 is 1. The van der Waals surface area contributed by atoms with Crippen molar-refractivity contribution in [1.29, 1.82) is 0 Å². The van der Waals surface area contributed by atoms with E-state index in [1.54, 1.807) is 0 Å². The second-order valence-electron chi connectivity index (χ2n) is 6.70. The highest BCUT2D eigenvalue weighted by atomic mass is 32.2. The maximum atomic E-state index is 14.1. The zero-order valence-electron chi connectivity index (χ0n) is 15.4. The van der Waals surface area contributed by atoms with Crippen LogP contribution in [-0.2, 0) is 16.2 Å². The Labute approximate surface area is 164 Å². The van der Waals surface area contributed by atoms with Gasteiger partial charge in [-0.25, -0.2) is 22.6 Å². The van der Waals surface area contributed by atoms with Crippen LogP contribution in [0.15, 0.2) is 42.5 Å². The predicted molar refractivity (Wildman–Crippen MR) is 98.7 cm³/mol. The smallest absolute Gasteiger partial charge is 0.435 e. The standard InChI is InChI=1S/C18H17F4N3O3S/c1-17(29(23,26)27)7-5-12(6-8-17)25-14(10-16(24-25)18(20,21)22)11-3-4-15(28-2)13(19)9-11/h3-7,9-10H,8H2,1-2H3,(H2,23,26,27). The maximum Gasteiger partial charge on any atom is 0.435 e. The van der Waals surface area contributed by atoms with Gasteiger partial charge >= 0.3 is 6.18 Å². The summed E-state index contributed by atoms with van der Waals surface area (Å²) < 4.78 is 81.7. The first-order valence-corrected chi connectivity index (χ1v) is 9.84. The van der Waals surface area contributed by atoms with Crippen molar-refractivity contribution in [3.05, 3.63) is 54.0 Å². The van der Waals surface area contributed by atoms with Gasteiger partial charge in [-0.2, -0.15) is 18.3 Å². The molecule has 1 atom stereocenters. The van der Waals surface area contributed by atoms with Gasteiger partial charge in [0.1, 0.15) is 4.75 Å². The van der Waals surface area contributed by atoms with E-state index in [0.717, 1.165) is 16.8 Å². The molecule has 0 saturated carbocycles. The number of hydrogen-bond donors (Lipinski definition) is 1. The van der Waals surface area contributed by atoms with Crippen molar-refractivity contribution in [2.45, 2.75) is 24.3 Å². The molecule has 1 heterocycles. The minimum atomic E-state index is -4.72. The number of primary sulfonamides is 1. The lowest BCUT2D eigenvalue weighted by molar-refractivity contribution is -0.141. The summed E-state index contributed by atoms with van der Waals surface area (Å²) in [6.07, 6.45) is -0.745. The lowest BCUT2D eigenvalue weighted by atomic mass is 10.0. The molecule has 1 aromatic carbocycles. The lowest BCUT2D eigenvalue weighted by Gasteiger charge is -2.25. The molecular formula is C18H17F4N3O3S. The molecule has 2 aromatic rings. The summed E-state index contributed by atoms with van der Waals surface area (Å²) in [4.78, 5) is 0. The first-order chi connectivity index (χ1) is 13.4. The van der Waals surface area contributed by atoms with Gasteiger partial charge < -0.3 is 4.74 Å². The predicted octanol–water partition coefficient (Wildman–Crippen LogP) is 3.56. The van der Waals surface area contributed by atoms with Gasteiger partial charge in [-0.3, -0.25) is 0 Å². The molecule has 0 saturated heterocycles. The average molecular weight is 431 g/mol. The third-order valence-corrected chi connectivity index (χ3v) is 6.27.